The van der Waals surface area contributed by atoms with Crippen molar-refractivity contribution < 1.29 is 23.4 Å². The van der Waals surface area contributed by atoms with Crippen LogP contribution >= 0.6 is 11.3 Å². The zero-order chi connectivity index (χ0) is 19.8. The number of rotatable bonds is 5. The van der Waals surface area contributed by atoms with Crippen molar-refractivity contribution in [2.45, 2.75) is 25.4 Å². The molecule has 0 aliphatic carbocycles. The Morgan fingerprint density at radius 1 is 1.24 bits per heavy atom. The van der Waals surface area contributed by atoms with E-state index in [4.69, 9.17) is 14.2 Å². The number of fused-ring (bicyclic) bond motifs is 2. The van der Waals surface area contributed by atoms with Crippen LogP contribution in [-0.2, 0) is 16.0 Å². The Kier molecular flexibility index (Phi) is 4.81. The van der Waals surface area contributed by atoms with Crippen LogP contribution in [-0.4, -0.2) is 36.9 Å². The predicted octanol–water partition coefficient (Wildman–Crippen LogP) is 3.92. The van der Waals surface area contributed by atoms with Gasteiger partial charge in [0.1, 0.15) is 11.3 Å². The minimum Gasteiger partial charge on any atom is -0.454 e. The smallest absolute Gasteiger partial charge is 0.233 e. The van der Waals surface area contributed by atoms with Crippen molar-refractivity contribution in [3.8, 4) is 11.5 Å². The van der Waals surface area contributed by atoms with Gasteiger partial charge in [0, 0.05) is 6.61 Å². The van der Waals surface area contributed by atoms with E-state index in [2.05, 4.69) is 4.98 Å². The maximum absolute atomic E-state index is 14.1. The van der Waals surface area contributed by atoms with E-state index in [0.717, 1.165) is 18.4 Å². The second-order valence-corrected chi connectivity index (χ2v) is 8.10. The molecule has 2 aliphatic rings. The maximum Gasteiger partial charge on any atom is 0.233 e. The number of anilines is 1. The Labute approximate surface area is 170 Å². The maximum atomic E-state index is 14.1. The summed E-state index contributed by atoms with van der Waals surface area (Å²) in [4.78, 5) is 19.3. The lowest BCUT2D eigenvalue weighted by molar-refractivity contribution is -0.118. The normalized spacial score (nSPS) is 17.8. The van der Waals surface area contributed by atoms with Gasteiger partial charge in [-0.3, -0.25) is 9.69 Å². The highest BCUT2D eigenvalue weighted by molar-refractivity contribution is 7.22. The van der Waals surface area contributed by atoms with Crippen molar-refractivity contribution in [1.29, 1.82) is 0 Å². The lowest BCUT2D eigenvalue weighted by atomic mass is 10.1. The molecule has 0 spiro atoms. The van der Waals surface area contributed by atoms with Gasteiger partial charge in [-0.05, 0) is 42.7 Å². The van der Waals surface area contributed by atoms with E-state index in [1.54, 1.807) is 11.0 Å². The fraction of sp³-hybridized carbons (Fsp3) is 0.333. The molecular weight excluding hydrogens is 395 g/mol. The van der Waals surface area contributed by atoms with E-state index in [0.29, 0.717) is 40.0 Å². The van der Waals surface area contributed by atoms with Crippen LogP contribution in [0.15, 0.2) is 36.4 Å². The molecule has 1 saturated heterocycles. The number of hydrogen-bond acceptors (Lipinski definition) is 6. The molecule has 150 valence electrons. The van der Waals surface area contributed by atoms with Crippen molar-refractivity contribution in [3.05, 3.63) is 47.8 Å². The van der Waals surface area contributed by atoms with Gasteiger partial charge in [0.2, 0.25) is 12.7 Å². The molecule has 6 nitrogen and oxygen atoms in total. The number of aromatic nitrogens is 1. The fourth-order valence-electron chi connectivity index (χ4n) is 3.62. The zero-order valence-corrected chi connectivity index (χ0v) is 16.4. The second kappa shape index (κ2) is 7.61. The first-order valence-electron chi connectivity index (χ1n) is 9.53. The summed E-state index contributed by atoms with van der Waals surface area (Å²) in [6, 6.07) is 10.3. The minimum atomic E-state index is -0.384. The molecule has 1 atom stereocenters. The fourth-order valence-corrected chi connectivity index (χ4v) is 4.62. The Balaban J connectivity index is 1.44. The summed E-state index contributed by atoms with van der Waals surface area (Å²) in [6.07, 6.45) is 2.02. The molecule has 1 amide bonds. The highest BCUT2D eigenvalue weighted by atomic mass is 32.1. The van der Waals surface area contributed by atoms with Gasteiger partial charge >= 0.3 is 0 Å². The molecule has 3 heterocycles. The molecule has 1 aromatic heterocycles. The van der Waals surface area contributed by atoms with Crippen LogP contribution in [0.4, 0.5) is 9.52 Å². The monoisotopic (exact) mass is 414 g/mol. The average Bonchev–Trinajstić information content (AvgIpc) is 3.46. The van der Waals surface area contributed by atoms with Gasteiger partial charge in [0.15, 0.2) is 16.6 Å². The van der Waals surface area contributed by atoms with E-state index >= 15 is 0 Å². The third kappa shape index (κ3) is 3.65. The molecule has 2 aromatic carbocycles. The molecule has 2 aliphatic heterocycles. The number of ether oxygens (including phenoxy) is 3. The van der Waals surface area contributed by atoms with Gasteiger partial charge in [-0.25, -0.2) is 9.37 Å². The second-order valence-electron chi connectivity index (χ2n) is 7.09. The average molecular weight is 414 g/mol. The Bertz CT molecular complexity index is 1060. The molecule has 8 heteroatoms. The third-order valence-corrected chi connectivity index (χ3v) is 6.14. The first kappa shape index (κ1) is 18.3. The van der Waals surface area contributed by atoms with E-state index in [9.17, 15) is 9.18 Å². The lowest BCUT2D eigenvalue weighted by Gasteiger charge is -2.23. The summed E-state index contributed by atoms with van der Waals surface area (Å²) in [5.74, 6) is 0.825. The van der Waals surface area contributed by atoms with Crippen LogP contribution in [0.3, 0.4) is 0 Å². The molecular formula is C21H19FN2O4S. The van der Waals surface area contributed by atoms with E-state index in [1.807, 2.05) is 24.3 Å². The van der Waals surface area contributed by atoms with Crippen LogP contribution in [0.25, 0.3) is 10.2 Å². The standard InChI is InChI=1S/C21H19FN2O4S/c22-15-4-1-5-18-20(15)23-21(29-18)24(11-14-3-2-8-26-14)19(25)10-13-6-7-16-17(9-13)28-12-27-16/h1,4-7,9,14H,2-3,8,10-12H2/t14-/m0/s1. The Morgan fingerprint density at radius 2 is 2.14 bits per heavy atom. The molecule has 0 unspecified atom stereocenters. The van der Waals surface area contributed by atoms with Crippen molar-refractivity contribution in [3.63, 3.8) is 0 Å². The number of amides is 1. The van der Waals surface area contributed by atoms with Gasteiger partial charge in [-0.2, -0.15) is 0 Å². The number of para-hydroxylation sites is 1. The van der Waals surface area contributed by atoms with Crippen LogP contribution in [0.5, 0.6) is 11.5 Å². The number of benzene rings is 2. The van der Waals surface area contributed by atoms with Crippen molar-refractivity contribution >= 4 is 32.6 Å². The van der Waals surface area contributed by atoms with Crippen molar-refractivity contribution in [2.24, 2.45) is 0 Å². The molecule has 0 N–H and O–H groups in total. The van der Waals surface area contributed by atoms with E-state index < -0.39 is 0 Å². The van der Waals surface area contributed by atoms with Crippen molar-refractivity contribution in [2.75, 3.05) is 24.8 Å². The summed E-state index contributed by atoms with van der Waals surface area (Å²) in [5.41, 5.74) is 1.12. The molecule has 0 saturated carbocycles. The quantitative estimate of drug-likeness (QED) is 0.633. The first-order chi connectivity index (χ1) is 14.2. The summed E-state index contributed by atoms with van der Waals surface area (Å²) < 4.78 is 31.3. The highest BCUT2D eigenvalue weighted by Gasteiger charge is 2.27. The van der Waals surface area contributed by atoms with Gasteiger partial charge in [-0.15, -0.1) is 0 Å². The number of hydrogen-bond donors (Lipinski definition) is 0. The summed E-state index contributed by atoms with van der Waals surface area (Å²) in [6.45, 7) is 1.29. The zero-order valence-electron chi connectivity index (χ0n) is 15.6. The molecule has 5 rings (SSSR count). The number of nitrogens with zero attached hydrogens (tertiary/aromatic N) is 2. The SMILES string of the molecule is O=C(Cc1ccc2c(c1)OCO2)N(C[C@@H]1CCCO1)c1nc2c(F)cccc2s1. The molecule has 1 fully saturated rings. The van der Waals surface area contributed by atoms with Gasteiger partial charge < -0.3 is 14.2 Å². The third-order valence-electron chi connectivity index (χ3n) is 5.09. The minimum absolute atomic E-state index is 0.0347. The highest BCUT2D eigenvalue weighted by Crippen LogP contribution is 2.34. The van der Waals surface area contributed by atoms with Crippen molar-refractivity contribution in [1.82, 2.24) is 4.98 Å². The molecule has 0 radical (unpaired) electrons. The molecule has 0 bridgehead atoms. The lowest BCUT2D eigenvalue weighted by Crippen LogP contribution is -2.38. The summed E-state index contributed by atoms with van der Waals surface area (Å²) in [7, 11) is 0. The summed E-state index contributed by atoms with van der Waals surface area (Å²) >= 11 is 1.32. The Hall–Kier alpha value is -2.71. The Morgan fingerprint density at radius 3 is 2.97 bits per heavy atom. The van der Waals surface area contributed by atoms with Crippen LogP contribution in [0.2, 0.25) is 0 Å². The van der Waals surface area contributed by atoms with Gasteiger partial charge in [-0.1, -0.05) is 23.5 Å². The topological polar surface area (TPSA) is 60.9 Å². The van der Waals surface area contributed by atoms with Gasteiger partial charge in [0.25, 0.3) is 0 Å². The molecule has 29 heavy (non-hydrogen) atoms. The van der Waals surface area contributed by atoms with E-state index in [-0.39, 0.29) is 31.0 Å². The van der Waals surface area contributed by atoms with Gasteiger partial charge in [0.05, 0.1) is 23.8 Å². The number of thiazole rings is 1. The number of halogens is 1. The number of carbonyl (C=O) groups excluding carboxylic acids is 1. The first-order valence-corrected chi connectivity index (χ1v) is 10.3. The largest absolute Gasteiger partial charge is 0.454 e. The van der Waals surface area contributed by atoms with E-state index in [1.165, 1.54) is 17.4 Å². The summed E-state index contributed by atoms with van der Waals surface area (Å²) in [5, 5.41) is 0.492. The van der Waals surface area contributed by atoms with Crippen LogP contribution in [0.1, 0.15) is 18.4 Å². The predicted molar refractivity (Wildman–Crippen MR) is 107 cm³/mol. The van der Waals surface area contributed by atoms with Crippen LogP contribution in [0, 0.1) is 5.82 Å². The van der Waals surface area contributed by atoms with Crippen LogP contribution < -0.4 is 14.4 Å². The molecule has 3 aromatic rings. The number of carbonyl (C=O) groups is 1.